The first-order chi connectivity index (χ1) is 9.01. The molecule has 1 aliphatic heterocycles. The molecule has 2 rings (SSSR count). The number of hydrogen-bond donors (Lipinski definition) is 1. The van der Waals surface area contributed by atoms with Crippen molar-refractivity contribution in [1.29, 1.82) is 0 Å². The van der Waals surface area contributed by atoms with Gasteiger partial charge in [0.25, 0.3) is 0 Å². The van der Waals surface area contributed by atoms with E-state index in [1.807, 2.05) is 17.8 Å². The molecule has 5 nitrogen and oxygen atoms in total. The Labute approximate surface area is 115 Å². The summed E-state index contributed by atoms with van der Waals surface area (Å²) in [6, 6.07) is 0. The second kappa shape index (κ2) is 6.03. The minimum atomic E-state index is -0.359. The number of aromatic nitrogens is 2. The number of hydrogen-bond acceptors (Lipinski definition) is 4. The predicted molar refractivity (Wildman–Crippen MR) is 74.0 cm³/mol. The second-order valence-electron chi connectivity index (χ2n) is 5.76. The summed E-state index contributed by atoms with van der Waals surface area (Å²) in [7, 11) is 1.99. The first kappa shape index (κ1) is 14.5. The first-order valence-corrected chi connectivity index (χ1v) is 6.99. The van der Waals surface area contributed by atoms with Crippen molar-refractivity contribution < 1.29 is 9.84 Å². The Hall–Kier alpha value is -0.910. The highest BCUT2D eigenvalue weighted by Gasteiger charge is 2.34. The molecule has 1 N–H and O–H groups in total. The zero-order valence-corrected chi connectivity index (χ0v) is 12.2. The Balaban J connectivity index is 1.90. The molecule has 1 fully saturated rings. The number of aliphatic hydroxyl groups is 1. The Morgan fingerprint density at radius 2 is 2.11 bits per heavy atom. The number of morpholine rings is 1. The van der Waals surface area contributed by atoms with Crippen molar-refractivity contribution in [3.63, 3.8) is 0 Å². The normalized spacial score (nSPS) is 19.6. The lowest BCUT2D eigenvalue weighted by Gasteiger charge is -2.43. The van der Waals surface area contributed by atoms with Crippen LogP contribution in [-0.2, 0) is 18.2 Å². The van der Waals surface area contributed by atoms with Gasteiger partial charge in [0.15, 0.2) is 0 Å². The maximum atomic E-state index is 10.5. The molecule has 0 spiro atoms. The third-order valence-corrected chi connectivity index (χ3v) is 4.20. The number of ether oxygens (including phenoxy) is 1. The predicted octanol–water partition coefficient (Wildman–Crippen LogP) is 0.824. The molecule has 0 aromatic carbocycles. The van der Waals surface area contributed by atoms with Crippen molar-refractivity contribution in [3.05, 3.63) is 18.2 Å². The van der Waals surface area contributed by atoms with E-state index in [1.54, 1.807) is 6.20 Å². The molecule has 1 aliphatic rings. The van der Waals surface area contributed by atoms with Gasteiger partial charge in [0, 0.05) is 44.5 Å². The van der Waals surface area contributed by atoms with Gasteiger partial charge in [0.05, 0.1) is 19.3 Å². The van der Waals surface area contributed by atoms with Crippen molar-refractivity contribution in [2.75, 3.05) is 26.3 Å². The molecule has 5 heteroatoms. The Bertz CT molecular complexity index is 397. The summed E-state index contributed by atoms with van der Waals surface area (Å²) in [4.78, 5) is 6.62. The summed E-state index contributed by atoms with van der Waals surface area (Å²) in [6.45, 7) is 7.53. The highest BCUT2D eigenvalue weighted by atomic mass is 16.5. The molecule has 0 radical (unpaired) electrons. The fourth-order valence-electron chi connectivity index (χ4n) is 2.61. The lowest BCUT2D eigenvalue weighted by Crippen LogP contribution is -2.56. The van der Waals surface area contributed by atoms with Gasteiger partial charge in [-0.2, -0.15) is 0 Å². The van der Waals surface area contributed by atoms with Crippen LogP contribution in [0.25, 0.3) is 0 Å². The number of aryl methyl sites for hydroxylation is 2. The molecular formula is C14H25N3O2. The molecule has 2 heterocycles. The molecule has 0 aliphatic carbocycles. The number of aliphatic hydroxyl groups excluding tert-OH is 1. The Morgan fingerprint density at radius 3 is 2.68 bits per heavy atom. The Kier molecular flexibility index (Phi) is 4.60. The average Bonchev–Trinajstić information content (AvgIpc) is 2.82. The molecule has 0 amide bonds. The zero-order chi connectivity index (χ0) is 13.9. The average molecular weight is 267 g/mol. The van der Waals surface area contributed by atoms with Crippen LogP contribution in [0.4, 0.5) is 0 Å². The molecule has 0 saturated carbocycles. The third-order valence-electron chi connectivity index (χ3n) is 4.20. The van der Waals surface area contributed by atoms with Crippen LogP contribution in [0.5, 0.6) is 0 Å². The summed E-state index contributed by atoms with van der Waals surface area (Å²) in [5.41, 5.74) is -0.213. The maximum absolute atomic E-state index is 10.5. The minimum Gasteiger partial charge on any atom is -0.391 e. The van der Waals surface area contributed by atoms with E-state index in [0.29, 0.717) is 0 Å². The fourth-order valence-corrected chi connectivity index (χ4v) is 2.61. The van der Waals surface area contributed by atoms with Crippen molar-refractivity contribution in [2.24, 2.45) is 7.05 Å². The SMILES string of the molecule is Cn1ccnc1CCC(O)C(C)(C)N1CCOCC1. The molecule has 1 aromatic heterocycles. The van der Waals surface area contributed by atoms with Crippen LogP contribution in [0.15, 0.2) is 12.4 Å². The highest BCUT2D eigenvalue weighted by molar-refractivity contribution is 4.95. The molecule has 0 bridgehead atoms. The van der Waals surface area contributed by atoms with Crippen LogP contribution in [0.3, 0.4) is 0 Å². The smallest absolute Gasteiger partial charge is 0.108 e. The summed E-state index contributed by atoms with van der Waals surface area (Å²) in [6.07, 6.45) is 4.92. The van der Waals surface area contributed by atoms with Gasteiger partial charge in [0.2, 0.25) is 0 Å². The van der Waals surface area contributed by atoms with Crippen LogP contribution in [-0.4, -0.2) is 57.5 Å². The fraction of sp³-hybridized carbons (Fsp3) is 0.786. The molecule has 1 unspecified atom stereocenters. The quantitative estimate of drug-likeness (QED) is 0.858. The van der Waals surface area contributed by atoms with E-state index in [4.69, 9.17) is 4.74 Å². The molecule has 1 atom stereocenters. The standard InChI is InChI=1S/C14H25N3O2/c1-14(2,17-8-10-19-11-9-17)12(18)4-5-13-15-6-7-16(13)3/h6-7,12,18H,4-5,8-11H2,1-3H3. The van der Waals surface area contributed by atoms with E-state index in [2.05, 4.69) is 23.7 Å². The number of imidazole rings is 1. The topological polar surface area (TPSA) is 50.5 Å². The van der Waals surface area contributed by atoms with Gasteiger partial charge in [-0.25, -0.2) is 4.98 Å². The third kappa shape index (κ3) is 3.35. The maximum Gasteiger partial charge on any atom is 0.108 e. The van der Waals surface area contributed by atoms with Gasteiger partial charge in [-0.3, -0.25) is 4.90 Å². The molecule has 108 valence electrons. The van der Waals surface area contributed by atoms with Gasteiger partial charge in [-0.1, -0.05) is 0 Å². The monoisotopic (exact) mass is 267 g/mol. The van der Waals surface area contributed by atoms with E-state index < -0.39 is 0 Å². The summed E-state index contributed by atoms with van der Waals surface area (Å²) >= 11 is 0. The second-order valence-corrected chi connectivity index (χ2v) is 5.76. The van der Waals surface area contributed by atoms with Crippen LogP contribution in [0, 0.1) is 0 Å². The lowest BCUT2D eigenvalue weighted by atomic mass is 9.91. The summed E-state index contributed by atoms with van der Waals surface area (Å²) < 4.78 is 7.38. The largest absolute Gasteiger partial charge is 0.391 e. The number of rotatable bonds is 5. The first-order valence-electron chi connectivity index (χ1n) is 6.99. The molecule has 1 aromatic rings. The lowest BCUT2D eigenvalue weighted by molar-refractivity contribution is -0.0637. The van der Waals surface area contributed by atoms with Crippen molar-refractivity contribution in [1.82, 2.24) is 14.5 Å². The van der Waals surface area contributed by atoms with Gasteiger partial charge < -0.3 is 14.4 Å². The highest BCUT2D eigenvalue weighted by Crippen LogP contribution is 2.23. The molecular weight excluding hydrogens is 242 g/mol. The molecule has 19 heavy (non-hydrogen) atoms. The summed E-state index contributed by atoms with van der Waals surface area (Å²) in [5, 5.41) is 10.5. The van der Waals surface area contributed by atoms with E-state index in [1.165, 1.54) is 0 Å². The van der Waals surface area contributed by atoms with Crippen LogP contribution >= 0.6 is 0 Å². The number of nitrogens with zero attached hydrogens (tertiary/aromatic N) is 3. The van der Waals surface area contributed by atoms with Crippen LogP contribution < -0.4 is 0 Å². The van der Waals surface area contributed by atoms with E-state index in [-0.39, 0.29) is 11.6 Å². The minimum absolute atomic E-state index is 0.213. The summed E-state index contributed by atoms with van der Waals surface area (Å²) in [5.74, 6) is 1.02. The van der Waals surface area contributed by atoms with Crippen molar-refractivity contribution in [3.8, 4) is 0 Å². The van der Waals surface area contributed by atoms with Crippen LogP contribution in [0.1, 0.15) is 26.1 Å². The molecule has 1 saturated heterocycles. The van der Waals surface area contributed by atoms with Crippen molar-refractivity contribution in [2.45, 2.75) is 38.3 Å². The zero-order valence-electron chi connectivity index (χ0n) is 12.2. The van der Waals surface area contributed by atoms with Gasteiger partial charge >= 0.3 is 0 Å². The van der Waals surface area contributed by atoms with Gasteiger partial charge in [-0.15, -0.1) is 0 Å². The van der Waals surface area contributed by atoms with E-state index >= 15 is 0 Å². The van der Waals surface area contributed by atoms with Gasteiger partial charge in [-0.05, 0) is 20.3 Å². The van der Waals surface area contributed by atoms with Gasteiger partial charge in [0.1, 0.15) is 5.82 Å². The van der Waals surface area contributed by atoms with Crippen LogP contribution in [0.2, 0.25) is 0 Å². The van der Waals surface area contributed by atoms with Crippen molar-refractivity contribution >= 4 is 0 Å². The van der Waals surface area contributed by atoms with E-state index in [9.17, 15) is 5.11 Å². The Morgan fingerprint density at radius 1 is 1.42 bits per heavy atom. The van der Waals surface area contributed by atoms with E-state index in [0.717, 1.165) is 45.0 Å².